The first-order valence-corrected chi connectivity index (χ1v) is 10.1. The minimum atomic E-state index is 0.106. The number of rotatable bonds is 2. The third-order valence-corrected chi connectivity index (χ3v) is 5.87. The molecule has 6 nitrogen and oxygen atoms in total. The van der Waals surface area contributed by atoms with Gasteiger partial charge in [-0.1, -0.05) is 6.07 Å². The van der Waals surface area contributed by atoms with Gasteiger partial charge in [0.25, 0.3) is 5.91 Å². The van der Waals surface area contributed by atoms with Gasteiger partial charge in [0.2, 0.25) is 5.95 Å². The predicted molar refractivity (Wildman–Crippen MR) is 109 cm³/mol. The Bertz CT molecular complexity index is 890. The van der Waals surface area contributed by atoms with Crippen molar-refractivity contribution in [2.75, 3.05) is 44.3 Å². The van der Waals surface area contributed by atoms with Crippen LogP contribution in [0.4, 0.5) is 5.95 Å². The minimum Gasteiger partial charge on any atom is -0.378 e. The smallest absolute Gasteiger partial charge is 0.253 e. The Morgan fingerprint density at radius 3 is 2.46 bits per heavy atom. The molecule has 148 valence electrons. The topological polar surface area (TPSA) is 58.6 Å². The summed E-state index contributed by atoms with van der Waals surface area (Å²) < 4.78 is 5.44. The standard InChI is InChI=1S/C22H28N4O2/c1-15-4-5-18(14-16(15)2)21(27)25-8-6-19-17(3)23-22(24-20(19)7-9-25)26-10-12-28-13-11-26/h4-5,14H,6-13H2,1-3H3. The van der Waals surface area contributed by atoms with Crippen molar-refractivity contribution < 1.29 is 9.53 Å². The molecule has 1 amide bonds. The number of hydrogen-bond donors (Lipinski definition) is 0. The fourth-order valence-electron chi connectivity index (χ4n) is 3.94. The maximum Gasteiger partial charge on any atom is 0.253 e. The minimum absolute atomic E-state index is 0.106. The van der Waals surface area contributed by atoms with E-state index in [1.807, 2.05) is 23.1 Å². The molecule has 2 aliphatic rings. The lowest BCUT2D eigenvalue weighted by atomic mass is 10.1. The SMILES string of the molecule is Cc1ccc(C(=O)N2CCc3nc(N4CCOCC4)nc(C)c3CC2)cc1C. The van der Waals surface area contributed by atoms with Crippen LogP contribution in [0.25, 0.3) is 0 Å². The van der Waals surface area contributed by atoms with Crippen LogP contribution in [0.2, 0.25) is 0 Å². The Balaban J connectivity index is 1.53. The molecule has 0 unspecified atom stereocenters. The molecule has 3 heterocycles. The average Bonchev–Trinajstić information content (AvgIpc) is 2.93. The molecule has 0 radical (unpaired) electrons. The largest absolute Gasteiger partial charge is 0.378 e. The van der Waals surface area contributed by atoms with Gasteiger partial charge in [-0.05, 0) is 56.0 Å². The van der Waals surface area contributed by atoms with Gasteiger partial charge in [-0.15, -0.1) is 0 Å². The zero-order chi connectivity index (χ0) is 19.7. The molecule has 0 bridgehead atoms. The fraction of sp³-hybridized carbons (Fsp3) is 0.500. The van der Waals surface area contributed by atoms with Crippen LogP contribution in [0, 0.1) is 20.8 Å². The zero-order valence-electron chi connectivity index (χ0n) is 17.0. The number of hydrogen-bond acceptors (Lipinski definition) is 5. The van der Waals surface area contributed by atoms with Crippen molar-refractivity contribution in [3.8, 4) is 0 Å². The van der Waals surface area contributed by atoms with Gasteiger partial charge < -0.3 is 14.5 Å². The number of fused-ring (bicyclic) bond motifs is 1. The van der Waals surface area contributed by atoms with E-state index >= 15 is 0 Å². The molecule has 0 N–H and O–H groups in total. The number of ether oxygens (including phenoxy) is 1. The number of morpholine rings is 1. The number of aryl methyl sites for hydroxylation is 3. The highest BCUT2D eigenvalue weighted by atomic mass is 16.5. The lowest BCUT2D eigenvalue weighted by molar-refractivity contribution is 0.0762. The van der Waals surface area contributed by atoms with Gasteiger partial charge in [-0.25, -0.2) is 9.97 Å². The van der Waals surface area contributed by atoms with E-state index in [9.17, 15) is 4.79 Å². The Kier molecular flexibility index (Phi) is 5.31. The predicted octanol–water partition coefficient (Wildman–Crippen LogP) is 2.48. The van der Waals surface area contributed by atoms with Gasteiger partial charge in [0, 0.05) is 43.9 Å². The van der Waals surface area contributed by atoms with Gasteiger partial charge in [-0.2, -0.15) is 0 Å². The van der Waals surface area contributed by atoms with Gasteiger partial charge in [0.15, 0.2) is 0 Å². The van der Waals surface area contributed by atoms with Crippen LogP contribution >= 0.6 is 0 Å². The highest BCUT2D eigenvalue weighted by molar-refractivity contribution is 5.94. The van der Waals surface area contributed by atoms with Crippen molar-refractivity contribution in [1.29, 1.82) is 0 Å². The lowest BCUT2D eigenvalue weighted by Crippen LogP contribution is -2.37. The van der Waals surface area contributed by atoms with Crippen LogP contribution < -0.4 is 4.90 Å². The molecular weight excluding hydrogens is 352 g/mol. The van der Waals surface area contributed by atoms with E-state index in [4.69, 9.17) is 14.7 Å². The highest BCUT2D eigenvalue weighted by Crippen LogP contribution is 2.22. The average molecular weight is 380 g/mol. The Morgan fingerprint density at radius 2 is 1.71 bits per heavy atom. The summed E-state index contributed by atoms with van der Waals surface area (Å²) in [5.74, 6) is 0.906. The van der Waals surface area contributed by atoms with Crippen molar-refractivity contribution in [3.05, 3.63) is 51.8 Å². The molecule has 1 aromatic heterocycles. The second-order valence-corrected chi connectivity index (χ2v) is 7.72. The fourth-order valence-corrected chi connectivity index (χ4v) is 3.94. The normalized spacial score (nSPS) is 17.2. The number of carbonyl (C=O) groups excluding carboxylic acids is 1. The molecule has 2 aromatic rings. The van der Waals surface area contributed by atoms with E-state index in [1.54, 1.807) is 0 Å². The summed E-state index contributed by atoms with van der Waals surface area (Å²) in [5.41, 5.74) is 6.46. The van der Waals surface area contributed by atoms with E-state index in [-0.39, 0.29) is 5.91 Å². The molecular formula is C22H28N4O2. The summed E-state index contributed by atoms with van der Waals surface area (Å²) in [6, 6.07) is 5.96. The van der Waals surface area contributed by atoms with Gasteiger partial charge in [0.05, 0.1) is 18.9 Å². The first-order chi connectivity index (χ1) is 13.5. The molecule has 6 heteroatoms. The van der Waals surface area contributed by atoms with E-state index < -0.39 is 0 Å². The van der Waals surface area contributed by atoms with Crippen LogP contribution in [-0.2, 0) is 17.6 Å². The van der Waals surface area contributed by atoms with Crippen LogP contribution in [0.5, 0.6) is 0 Å². The molecule has 1 saturated heterocycles. The molecule has 28 heavy (non-hydrogen) atoms. The van der Waals surface area contributed by atoms with Gasteiger partial charge >= 0.3 is 0 Å². The highest BCUT2D eigenvalue weighted by Gasteiger charge is 2.24. The molecule has 1 fully saturated rings. The quantitative estimate of drug-likeness (QED) is 0.801. The molecule has 0 spiro atoms. The van der Waals surface area contributed by atoms with E-state index in [0.29, 0.717) is 13.1 Å². The number of anilines is 1. The maximum atomic E-state index is 13.0. The Morgan fingerprint density at radius 1 is 0.964 bits per heavy atom. The first kappa shape index (κ1) is 18.9. The van der Waals surface area contributed by atoms with E-state index in [0.717, 1.165) is 67.6 Å². The summed E-state index contributed by atoms with van der Waals surface area (Å²) in [6.45, 7) is 10.7. The van der Waals surface area contributed by atoms with Crippen molar-refractivity contribution in [3.63, 3.8) is 0 Å². The van der Waals surface area contributed by atoms with E-state index in [2.05, 4.69) is 25.7 Å². The third-order valence-electron chi connectivity index (χ3n) is 5.87. The second kappa shape index (κ2) is 7.87. The van der Waals surface area contributed by atoms with Crippen LogP contribution in [-0.4, -0.2) is 60.2 Å². The maximum absolute atomic E-state index is 13.0. The lowest BCUT2D eigenvalue weighted by Gasteiger charge is -2.27. The number of carbonyl (C=O) groups is 1. The molecule has 4 rings (SSSR count). The summed E-state index contributed by atoms with van der Waals surface area (Å²) in [6.07, 6.45) is 1.58. The van der Waals surface area contributed by atoms with Crippen molar-refractivity contribution in [2.24, 2.45) is 0 Å². The van der Waals surface area contributed by atoms with Crippen LogP contribution in [0.1, 0.15) is 38.4 Å². The van der Waals surface area contributed by atoms with Gasteiger partial charge in [0.1, 0.15) is 0 Å². The number of amides is 1. The van der Waals surface area contributed by atoms with Crippen molar-refractivity contribution in [2.45, 2.75) is 33.6 Å². The van der Waals surface area contributed by atoms with Gasteiger partial charge in [-0.3, -0.25) is 4.79 Å². The Hall–Kier alpha value is -2.47. The molecule has 0 saturated carbocycles. The molecule has 2 aliphatic heterocycles. The number of benzene rings is 1. The zero-order valence-corrected chi connectivity index (χ0v) is 17.0. The summed E-state index contributed by atoms with van der Waals surface area (Å²) in [5, 5.41) is 0. The first-order valence-electron chi connectivity index (χ1n) is 10.1. The van der Waals surface area contributed by atoms with Crippen molar-refractivity contribution >= 4 is 11.9 Å². The Labute approximate surface area is 166 Å². The second-order valence-electron chi connectivity index (χ2n) is 7.72. The van der Waals surface area contributed by atoms with E-state index in [1.165, 1.54) is 11.1 Å². The monoisotopic (exact) mass is 380 g/mol. The third kappa shape index (κ3) is 3.74. The van der Waals surface area contributed by atoms with Crippen molar-refractivity contribution in [1.82, 2.24) is 14.9 Å². The summed E-state index contributed by atoms with van der Waals surface area (Å²) in [7, 11) is 0. The summed E-state index contributed by atoms with van der Waals surface area (Å²) in [4.78, 5) is 26.8. The molecule has 1 aromatic carbocycles. The number of nitrogens with zero attached hydrogens (tertiary/aromatic N) is 4. The molecule has 0 atom stereocenters. The number of aromatic nitrogens is 2. The van der Waals surface area contributed by atoms with Crippen LogP contribution in [0.15, 0.2) is 18.2 Å². The van der Waals surface area contributed by atoms with Crippen LogP contribution in [0.3, 0.4) is 0 Å². The molecule has 0 aliphatic carbocycles. The summed E-state index contributed by atoms with van der Waals surface area (Å²) >= 11 is 0.